The molecule has 0 radical (unpaired) electrons. The van der Waals surface area contributed by atoms with Crippen LogP contribution in [0.25, 0.3) is 27.8 Å². The zero-order chi connectivity index (χ0) is 27.3. The van der Waals surface area contributed by atoms with Crippen molar-refractivity contribution in [1.82, 2.24) is 19.7 Å². The largest absolute Gasteiger partial charge is 0.454 e. The Bertz CT molecular complexity index is 1840. The molecule has 11 heteroatoms. The number of nitrogens with two attached hydrogens (primary N) is 1. The van der Waals surface area contributed by atoms with E-state index in [1.54, 1.807) is 6.07 Å². The van der Waals surface area contributed by atoms with Crippen LogP contribution < -0.4 is 21.7 Å². The minimum atomic E-state index is -0.786. The van der Waals surface area contributed by atoms with Crippen molar-refractivity contribution in [2.24, 2.45) is 0 Å². The zero-order valence-electron chi connectivity index (χ0n) is 20.4. The Morgan fingerprint density at radius 1 is 0.895 bits per heavy atom. The van der Waals surface area contributed by atoms with Gasteiger partial charge in [0.2, 0.25) is 5.82 Å². The summed E-state index contributed by atoms with van der Waals surface area (Å²) in [4.78, 5) is 30.6. The minimum absolute atomic E-state index is 0.129. The number of benzene rings is 3. The van der Waals surface area contributed by atoms with Crippen LogP contribution in [0.15, 0.2) is 58.1 Å². The third-order valence-corrected chi connectivity index (χ3v) is 7.18. The zero-order valence-corrected chi connectivity index (χ0v) is 22.7. The summed E-state index contributed by atoms with van der Waals surface area (Å²) >= 11 is 19.2. The maximum atomic E-state index is 12.2. The molecule has 0 amide bonds. The van der Waals surface area contributed by atoms with Crippen LogP contribution in [-0.4, -0.2) is 19.7 Å². The van der Waals surface area contributed by atoms with Crippen molar-refractivity contribution in [2.45, 2.75) is 20.8 Å². The van der Waals surface area contributed by atoms with Gasteiger partial charge in [-0.3, -0.25) is 9.78 Å². The number of nitrogens with zero attached hydrogens (tertiary/aromatic N) is 3. The number of H-pyrrole nitrogens is 1. The topological polar surface area (TPSA) is 116 Å². The van der Waals surface area contributed by atoms with E-state index in [2.05, 4.69) is 10.1 Å². The van der Waals surface area contributed by atoms with Gasteiger partial charge in [-0.15, -0.1) is 5.10 Å². The number of hydrogen-bond acceptors (Lipinski definition) is 6. The lowest BCUT2D eigenvalue weighted by Crippen LogP contribution is -2.33. The van der Waals surface area contributed by atoms with Gasteiger partial charge in [0, 0.05) is 16.0 Å². The first-order chi connectivity index (χ1) is 18.0. The highest BCUT2D eigenvalue weighted by molar-refractivity contribution is 6.37. The number of rotatable bonds is 4. The quantitative estimate of drug-likeness (QED) is 0.259. The first-order valence-corrected chi connectivity index (χ1v) is 12.5. The van der Waals surface area contributed by atoms with Crippen molar-refractivity contribution in [3.05, 3.63) is 101 Å². The molecular formula is C27H20Cl3N5O3. The molecule has 0 unspecified atom stereocenters. The molecule has 5 aromatic rings. The molecule has 3 aromatic carbocycles. The second-order valence-corrected chi connectivity index (χ2v) is 10.0. The van der Waals surface area contributed by atoms with Gasteiger partial charge in [-0.05, 0) is 86.0 Å². The molecule has 0 aliphatic heterocycles. The lowest BCUT2D eigenvalue weighted by atomic mass is 10.0. The van der Waals surface area contributed by atoms with E-state index in [0.717, 1.165) is 48.6 Å². The normalized spacial score (nSPS) is 11.2. The van der Waals surface area contributed by atoms with Gasteiger partial charge in [-0.2, -0.15) is 4.68 Å². The van der Waals surface area contributed by atoms with E-state index in [1.165, 1.54) is 12.1 Å². The van der Waals surface area contributed by atoms with Crippen molar-refractivity contribution in [3.63, 3.8) is 0 Å². The number of aromatic amines is 1. The third kappa shape index (κ3) is 4.74. The molecule has 38 heavy (non-hydrogen) atoms. The van der Waals surface area contributed by atoms with Crippen molar-refractivity contribution >= 4 is 51.5 Å². The first kappa shape index (κ1) is 25.8. The van der Waals surface area contributed by atoms with Crippen LogP contribution in [0.2, 0.25) is 15.1 Å². The highest BCUT2D eigenvalue weighted by Gasteiger charge is 2.16. The Hall–Kier alpha value is -3.85. The standard InChI is InChI=1S/C27H20Cl3N5O3/c1-12-8-22(15-6-13(2)23(30)14(3)7-15)32-21-5-4-17(11-18(12)21)38-24-19(28)9-16(10-20(24)29)35-27(37)33-26(36)25(31)34-35/h4-11H,1-3H3,(H2,31,34)(H,33,36,37). The Morgan fingerprint density at radius 2 is 1.55 bits per heavy atom. The van der Waals surface area contributed by atoms with Gasteiger partial charge in [0.05, 0.1) is 26.9 Å². The summed E-state index contributed by atoms with van der Waals surface area (Å²) in [5.74, 6) is 0.312. The van der Waals surface area contributed by atoms with Crippen LogP contribution in [0, 0.1) is 20.8 Å². The van der Waals surface area contributed by atoms with E-state index in [0.29, 0.717) is 5.75 Å². The maximum absolute atomic E-state index is 12.2. The van der Waals surface area contributed by atoms with Gasteiger partial charge in [0.15, 0.2) is 5.75 Å². The summed E-state index contributed by atoms with van der Waals surface area (Å²) in [6.45, 7) is 5.95. The predicted molar refractivity (Wildman–Crippen MR) is 151 cm³/mol. The average Bonchev–Trinajstić information content (AvgIpc) is 2.86. The van der Waals surface area contributed by atoms with E-state index >= 15 is 0 Å². The van der Waals surface area contributed by atoms with E-state index in [9.17, 15) is 9.59 Å². The summed E-state index contributed by atoms with van der Waals surface area (Å²) in [6.07, 6.45) is 0. The minimum Gasteiger partial charge on any atom is -0.454 e. The molecular weight excluding hydrogens is 549 g/mol. The molecule has 0 saturated carbocycles. The van der Waals surface area contributed by atoms with Crippen LogP contribution in [0.4, 0.5) is 5.82 Å². The van der Waals surface area contributed by atoms with Crippen LogP contribution >= 0.6 is 34.8 Å². The van der Waals surface area contributed by atoms with Crippen LogP contribution in [-0.2, 0) is 0 Å². The van der Waals surface area contributed by atoms with Crippen molar-refractivity contribution in [3.8, 4) is 28.4 Å². The average molecular weight is 569 g/mol. The number of halogens is 3. The van der Waals surface area contributed by atoms with Crippen LogP contribution in [0.3, 0.4) is 0 Å². The van der Waals surface area contributed by atoms with Crippen LogP contribution in [0.1, 0.15) is 16.7 Å². The van der Waals surface area contributed by atoms with E-state index in [-0.39, 0.29) is 27.3 Å². The first-order valence-electron chi connectivity index (χ1n) is 11.4. The summed E-state index contributed by atoms with van der Waals surface area (Å²) in [7, 11) is 0. The lowest BCUT2D eigenvalue weighted by molar-refractivity contribution is 0.483. The molecule has 0 fully saturated rings. The molecule has 0 bridgehead atoms. The molecule has 0 spiro atoms. The molecule has 0 aliphatic rings. The predicted octanol–water partition coefficient (Wildman–Crippen LogP) is 6.40. The molecule has 0 saturated heterocycles. The van der Waals surface area contributed by atoms with Gasteiger partial charge in [-0.25, -0.2) is 9.78 Å². The van der Waals surface area contributed by atoms with Gasteiger partial charge in [-0.1, -0.05) is 34.8 Å². The fourth-order valence-corrected chi connectivity index (χ4v) is 4.81. The number of fused-ring (bicyclic) bond motifs is 1. The van der Waals surface area contributed by atoms with E-state index in [4.69, 9.17) is 50.3 Å². The molecule has 192 valence electrons. The number of aromatic nitrogens is 4. The smallest absolute Gasteiger partial charge is 0.349 e. The summed E-state index contributed by atoms with van der Waals surface area (Å²) in [6, 6.07) is 14.4. The number of nitrogen functional groups attached to an aromatic ring is 1. The number of pyridine rings is 1. The second-order valence-electron chi connectivity index (χ2n) is 8.82. The van der Waals surface area contributed by atoms with Crippen molar-refractivity contribution in [1.29, 1.82) is 0 Å². The fourth-order valence-electron chi connectivity index (χ4n) is 4.15. The number of aryl methyl sites for hydroxylation is 3. The molecule has 5 rings (SSSR count). The summed E-state index contributed by atoms with van der Waals surface area (Å²) in [5.41, 5.74) is 9.81. The monoisotopic (exact) mass is 567 g/mol. The van der Waals surface area contributed by atoms with Gasteiger partial charge < -0.3 is 10.5 Å². The Balaban J connectivity index is 1.50. The number of nitrogens with one attached hydrogen (secondary N) is 1. The molecule has 0 aliphatic carbocycles. The highest BCUT2D eigenvalue weighted by Crippen LogP contribution is 2.39. The third-order valence-electron chi connectivity index (χ3n) is 6.02. The molecule has 3 N–H and O–H groups in total. The molecule has 0 atom stereocenters. The Kier molecular flexibility index (Phi) is 6.65. The van der Waals surface area contributed by atoms with Crippen molar-refractivity contribution in [2.75, 3.05) is 5.73 Å². The van der Waals surface area contributed by atoms with E-state index < -0.39 is 11.2 Å². The van der Waals surface area contributed by atoms with Gasteiger partial charge in [0.25, 0.3) is 5.56 Å². The fraction of sp³-hybridized carbons (Fsp3) is 0.111. The maximum Gasteiger partial charge on any atom is 0.349 e. The highest BCUT2D eigenvalue weighted by atomic mass is 35.5. The number of hydrogen-bond donors (Lipinski definition) is 2. The summed E-state index contributed by atoms with van der Waals surface area (Å²) < 4.78 is 6.92. The van der Waals surface area contributed by atoms with Gasteiger partial charge >= 0.3 is 5.69 Å². The summed E-state index contributed by atoms with van der Waals surface area (Å²) in [5, 5.41) is 5.70. The molecule has 2 heterocycles. The number of anilines is 1. The van der Waals surface area contributed by atoms with E-state index in [1.807, 2.05) is 51.1 Å². The molecule has 2 aromatic heterocycles. The molecule has 8 nitrogen and oxygen atoms in total. The lowest BCUT2D eigenvalue weighted by Gasteiger charge is -2.14. The van der Waals surface area contributed by atoms with Crippen molar-refractivity contribution < 1.29 is 4.74 Å². The Labute approximate surface area is 231 Å². The van der Waals surface area contributed by atoms with Gasteiger partial charge in [0.1, 0.15) is 5.75 Å². The Morgan fingerprint density at radius 3 is 2.21 bits per heavy atom. The number of ether oxygens (including phenoxy) is 1. The second kappa shape index (κ2) is 9.79. The van der Waals surface area contributed by atoms with Crippen LogP contribution in [0.5, 0.6) is 11.5 Å². The SMILES string of the molecule is Cc1cc(-c2cc(C)c3cc(Oc4c(Cl)cc(-n5nc(N)c(=O)[nH]c5=O)cc4Cl)ccc3n2)cc(C)c1Cl.